The molecule has 0 atom stereocenters. The van der Waals surface area contributed by atoms with Crippen molar-refractivity contribution in [2.24, 2.45) is 0 Å². The van der Waals surface area contributed by atoms with E-state index in [4.69, 9.17) is 4.74 Å². The number of aliphatic carboxylic acids is 1. The predicted octanol–water partition coefficient (Wildman–Crippen LogP) is 4.06. The number of ether oxygens (including phenoxy) is 1. The number of benzene rings is 2. The molecule has 0 saturated carbocycles. The lowest BCUT2D eigenvalue weighted by Crippen LogP contribution is -2.07. The molecule has 0 spiro atoms. The second kappa shape index (κ2) is 6.75. The monoisotopic (exact) mass is 282 g/mol. The van der Waals surface area contributed by atoms with Gasteiger partial charge >= 0.3 is 5.97 Å². The maximum atomic E-state index is 11.3. The molecular weight excluding hydrogens is 264 g/mol. The van der Waals surface area contributed by atoms with Crippen LogP contribution < -0.4 is 4.74 Å². The molecule has 2 aromatic rings. The summed E-state index contributed by atoms with van der Waals surface area (Å²) in [4.78, 5) is 11.3. The Morgan fingerprint density at radius 3 is 2.24 bits per heavy atom. The lowest BCUT2D eigenvalue weighted by atomic mass is 10.1. The van der Waals surface area contributed by atoms with Gasteiger partial charge in [0.25, 0.3) is 0 Å². The van der Waals surface area contributed by atoms with E-state index in [0.29, 0.717) is 5.75 Å². The molecule has 0 aromatic heterocycles. The normalized spacial score (nSPS) is 11.2. The summed E-state index contributed by atoms with van der Waals surface area (Å²) in [5, 5.41) is 9.26. The Balaban J connectivity index is 2.22. The van der Waals surface area contributed by atoms with Gasteiger partial charge in [-0.3, -0.25) is 0 Å². The van der Waals surface area contributed by atoms with Gasteiger partial charge in [-0.1, -0.05) is 48.9 Å². The molecule has 2 aromatic carbocycles. The number of hydrogen-bond donors (Lipinski definition) is 1. The maximum absolute atomic E-state index is 11.3. The summed E-state index contributed by atoms with van der Waals surface area (Å²) in [7, 11) is 0. The third-order valence-electron chi connectivity index (χ3n) is 3.15. The molecule has 0 aliphatic carbocycles. The fraction of sp³-hybridized carbons (Fsp3) is 0.167. The van der Waals surface area contributed by atoms with Crippen LogP contribution in [0, 0.1) is 6.92 Å². The van der Waals surface area contributed by atoms with Crippen LogP contribution in [0.3, 0.4) is 0 Å². The van der Waals surface area contributed by atoms with Gasteiger partial charge in [0.2, 0.25) is 5.76 Å². The minimum atomic E-state index is -1.09. The van der Waals surface area contributed by atoms with Gasteiger partial charge in [0, 0.05) is 0 Å². The summed E-state index contributed by atoms with van der Waals surface area (Å²) in [6.45, 7) is 4.05. The fourth-order valence-corrected chi connectivity index (χ4v) is 1.87. The third kappa shape index (κ3) is 4.21. The molecule has 0 radical (unpaired) electrons. The Morgan fingerprint density at radius 2 is 1.71 bits per heavy atom. The topological polar surface area (TPSA) is 46.5 Å². The van der Waals surface area contributed by atoms with Crippen LogP contribution in [0.25, 0.3) is 6.08 Å². The Morgan fingerprint density at radius 1 is 1.10 bits per heavy atom. The van der Waals surface area contributed by atoms with E-state index in [1.54, 1.807) is 12.1 Å². The molecule has 21 heavy (non-hydrogen) atoms. The summed E-state index contributed by atoms with van der Waals surface area (Å²) < 4.78 is 5.47. The van der Waals surface area contributed by atoms with Gasteiger partial charge in [-0.05, 0) is 42.7 Å². The first-order chi connectivity index (χ1) is 10.1. The molecular formula is C18H18O3. The first-order valence-corrected chi connectivity index (χ1v) is 6.87. The van der Waals surface area contributed by atoms with Gasteiger partial charge in [-0.2, -0.15) is 0 Å². The van der Waals surface area contributed by atoms with Gasteiger partial charge in [-0.15, -0.1) is 0 Å². The highest BCUT2D eigenvalue weighted by atomic mass is 16.5. The molecule has 0 amide bonds. The molecule has 0 bridgehead atoms. The predicted molar refractivity (Wildman–Crippen MR) is 83.2 cm³/mol. The Labute approximate surface area is 124 Å². The van der Waals surface area contributed by atoms with Crippen LogP contribution in [0.15, 0.2) is 54.3 Å². The standard InChI is InChI=1S/C18H18O3/c1-3-14-8-10-16(11-9-14)21-17(18(19)20)12-15-6-4-13(2)5-7-15/h4-12H,3H2,1-2H3,(H,19,20). The van der Waals surface area contributed by atoms with Crippen molar-refractivity contribution < 1.29 is 14.6 Å². The fourth-order valence-electron chi connectivity index (χ4n) is 1.87. The van der Waals surface area contributed by atoms with Crippen LogP contribution in [-0.4, -0.2) is 11.1 Å². The van der Waals surface area contributed by atoms with E-state index in [2.05, 4.69) is 6.92 Å². The number of aryl methyl sites for hydroxylation is 2. The lowest BCUT2D eigenvalue weighted by molar-refractivity contribution is -0.134. The number of carboxylic acid groups (broad SMARTS) is 1. The highest BCUT2D eigenvalue weighted by Crippen LogP contribution is 2.17. The number of hydrogen-bond acceptors (Lipinski definition) is 2. The van der Waals surface area contributed by atoms with E-state index >= 15 is 0 Å². The van der Waals surface area contributed by atoms with Gasteiger partial charge < -0.3 is 9.84 Å². The van der Waals surface area contributed by atoms with Gasteiger partial charge in [0.1, 0.15) is 5.75 Å². The van der Waals surface area contributed by atoms with E-state index in [1.165, 1.54) is 11.6 Å². The molecule has 108 valence electrons. The van der Waals surface area contributed by atoms with Crippen molar-refractivity contribution in [1.29, 1.82) is 0 Å². The minimum absolute atomic E-state index is 0.0944. The summed E-state index contributed by atoms with van der Waals surface area (Å²) in [6, 6.07) is 15.0. The molecule has 0 aliphatic rings. The van der Waals surface area contributed by atoms with Crippen molar-refractivity contribution in [2.45, 2.75) is 20.3 Å². The number of carboxylic acids is 1. The van der Waals surface area contributed by atoms with Gasteiger partial charge in [0.15, 0.2) is 0 Å². The second-order valence-corrected chi connectivity index (χ2v) is 4.82. The number of rotatable bonds is 5. The smallest absolute Gasteiger partial charge is 0.371 e. The summed E-state index contributed by atoms with van der Waals surface area (Å²) in [5.74, 6) is -0.661. The molecule has 0 aliphatic heterocycles. The van der Waals surface area contributed by atoms with Crippen LogP contribution >= 0.6 is 0 Å². The molecule has 0 unspecified atom stereocenters. The Kier molecular flexibility index (Phi) is 4.77. The molecule has 3 heteroatoms. The van der Waals surface area contributed by atoms with Gasteiger partial charge in [-0.25, -0.2) is 4.79 Å². The van der Waals surface area contributed by atoms with E-state index in [-0.39, 0.29) is 5.76 Å². The van der Waals surface area contributed by atoms with E-state index in [0.717, 1.165) is 17.5 Å². The zero-order valence-electron chi connectivity index (χ0n) is 12.2. The maximum Gasteiger partial charge on any atom is 0.371 e. The average molecular weight is 282 g/mol. The molecule has 0 heterocycles. The minimum Gasteiger partial charge on any atom is -0.475 e. The first kappa shape index (κ1) is 14.9. The third-order valence-corrected chi connectivity index (χ3v) is 3.15. The highest BCUT2D eigenvalue weighted by molar-refractivity contribution is 5.90. The molecule has 0 fully saturated rings. The quantitative estimate of drug-likeness (QED) is 0.664. The van der Waals surface area contributed by atoms with E-state index in [9.17, 15) is 9.90 Å². The molecule has 0 saturated heterocycles. The SMILES string of the molecule is CCc1ccc(OC(=Cc2ccc(C)cc2)C(=O)O)cc1. The number of carbonyl (C=O) groups is 1. The highest BCUT2D eigenvalue weighted by Gasteiger charge is 2.10. The van der Waals surface area contributed by atoms with E-state index in [1.807, 2.05) is 43.3 Å². The summed E-state index contributed by atoms with van der Waals surface area (Å²) in [5.41, 5.74) is 3.10. The van der Waals surface area contributed by atoms with Crippen molar-refractivity contribution in [3.8, 4) is 5.75 Å². The second-order valence-electron chi connectivity index (χ2n) is 4.82. The lowest BCUT2D eigenvalue weighted by Gasteiger charge is -2.07. The zero-order chi connectivity index (χ0) is 15.2. The first-order valence-electron chi connectivity index (χ1n) is 6.87. The zero-order valence-corrected chi connectivity index (χ0v) is 12.2. The van der Waals surface area contributed by atoms with Crippen molar-refractivity contribution in [3.05, 3.63) is 71.0 Å². The molecule has 1 N–H and O–H groups in total. The Bertz CT molecular complexity index is 637. The van der Waals surface area contributed by atoms with Crippen LogP contribution in [-0.2, 0) is 11.2 Å². The Hall–Kier alpha value is -2.55. The van der Waals surface area contributed by atoms with Crippen molar-refractivity contribution in [3.63, 3.8) is 0 Å². The largest absolute Gasteiger partial charge is 0.475 e. The van der Waals surface area contributed by atoms with Crippen molar-refractivity contribution in [2.75, 3.05) is 0 Å². The molecule has 2 rings (SSSR count). The molecule has 3 nitrogen and oxygen atoms in total. The van der Waals surface area contributed by atoms with Crippen molar-refractivity contribution >= 4 is 12.0 Å². The van der Waals surface area contributed by atoms with Crippen molar-refractivity contribution in [1.82, 2.24) is 0 Å². The van der Waals surface area contributed by atoms with Crippen LogP contribution in [0.1, 0.15) is 23.6 Å². The van der Waals surface area contributed by atoms with Crippen LogP contribution in [0.4, 0.5) is 0 Å². The van der Waals surface area contributed by atoms with Crippen LogP contribution in [0.2, 0.25) is 0 Å². The van der Waals surface area contributed by atoms with Gasteiger partial charge in [0.05, 0.1) is 0 Å². The summed E-state index contributed by atoms with van der Waals surface area (Å²) >= 11 is 0. The summed E-state index contributed by atoms with van der Waals surface area (Å²) in [6.07, 6.45) is 2.46. The van der Waals surface area contributed by atoms with Crippen LogP contribution in [0.5, 0.6) is 5.75 Å². The van der Waals surface area contributed by atoms with E-state index < -0.39 is 5.97 Å². The average Bonchev–Trinajstić information content (AvgIpc) is 2.49.